The van der Waals surface area contributed by atoms with E-state index in [0.29, 0.717) is 0 Å². The third-order valence-electron chi connectivity index (χ3n) is 5.81. The van der Waals surface area contributed by atoms with Crippen LogP contribution in [0, 0.1) is 31.6 Å². The van der Waals surface area contributed by atoms with Gasteiger partial charge in [-0.3, -0.25) is 4.79 Å². The summed E-state index contributed by atoms with van der Waals surface area (Å²) in [5.41, 5.74) is 1.38. The second-order valence-corrected chi connectivity index (χ2v) is 8.76. The summed E-state index contributed by atoms with van der Waals surface area (Å²) in [7, 11) is 0. The van der Waals surface area contributed by atoms with Gasteiger partial charge in [0.2, 0.25) is 0 Å². The van der Waals surface area contributed by atoms with E-state index in [1.54, 1.807) is 11.3 Å². The normalized spacial score (nSPS) is 38.2. The molecule has 4 aliphatic carbocycles. The number of amides is 1. The summed E-state index contributed by atoms with van der Waals surface area (Å²) in [5, 5.41) is 3.45. The molecule has 0 atom stereocenters. The van der Waals surface area contributed by atoms with E-state index in [4.69, 9.17) is 0 Å². The predicted octanol–water partition coefficient (Wildman–Crippen LogP) is 4.06. The van der Waals surface area contributed by atoms with Gasteiger partial charge < -0.3 is 5.32 Å². The molecule has 0 spiro atoms. The average Bonchev–Trinajstić information content (AvgIpc) is 2.67. The topological polar surface area (TPSA) is 29.1 Å². The molecule has 0 unspecified atom stereocenters. The van der Waals surface area contributed by atoms with Gasteiger partial charge in [-0.05, 0) is 81.8 Å². The Morgan fingerprint density at radius 3 is 2.15 bits per heavy atom. The molecule has 1 heterocycles. The number of aryl methyl sites for hydroxylation is 2. The van der Waals surface area contributed by atoms with Crippen molar-refractivity contribution in [3.05, 3.63) is 21.4 Å². The number of nitrogens with one attached hydrogen (secondary N) is 1. The van der Waals surface area contributed by atoms with E-state index in [0.717, 1.165) is 22.6 Å². The van der Waals surface area contributed by atoms with Gasteiger partial charge in [0.1, 0.15) is 0 Å². The van der Waals surface area contributed by atoms with E-state index >= 15 is 0 Å². The molecule has 3 heteroatoms. The van der Waals surface area contributed by atoms with Crippen LogP contribution in [0.4, 0.5) is 0 Å². The fourth-order valence-corrected chi connectivity index (χ4v) is 6.18. The first kappa shape index (κ1) is 12.9. The van der Waals surface area contributed by atoms with Crippen LogP contribution in [0.2, 0.25) is 0 Å². The second-order valence-electron chi connectivity index (χ2n) is 7.50. The van der Waals surface area contributed by atoms with Crippen LogP contribution in [0.25, 0.3) is 0 Å². The number of hydrogen-bond donors (Lipinski definition) is 1. The third kappa shape index (κ3) is 2.02. The van der Waals surface area contributed by atoms with Crippen molar-refractivity contribution in [1.82, 2.24) is 5.32 Å². The Kier molecular flexibility index (Phi) is 2.79. The van der Waals surface area contributed by atoms with Crippen LogP contribution in [0.1, 0.15) is 58.6 Å². The van der Waals surface area contributed by atoms with Crippen molar-refractivity contribution in [3.8, 4) is 0 Å². The lowest BCUT2D eigenvalue weighted by Crippen LogP contribution is -2.59. The SMILES string of the molecule is Cc1cc(C(=O)NC23CC4CC(CC(C4)C2)C3)sc1C. The largest absolute Gasteiger partial charge is 0.346 e. The summed E-state index contributed by atoms with van der Waals surface area (Å²) in [4.78, 5) is 14.8. The summed E-state index contributed by atoms with van der Waals surface area (Å²) in [6.45, 7) is 4.19. The Hall–Kier alpha value is -0.830. The average molecular weight is 289 g/mol. The first-order valence-electron chi connectivity index (χ1n) is 7.92. The molecule has 0 saturated heterocycles. The summed E-state index contributed by atoms with van der Waals surface area (Å²) in [5.74, 6) is 2.82. The molecule has 4 saturated carbocycles. The van der Waals surface area contributed by atoms with Crippen molar-refractivity contribution in [3.63, 3.8) is 0 Å². The summed E-state index contributed by atoms with van der Waals surface area (Å²) < 4.78 is 0. The van der Waals surface area contributed by atoms with Gasteiger partial charge in [-0.25, -0.2) is 0 Å². The molecule has 0 aliphatic heterocycles. The molecule has 1 aromatic heterocycles. The first-order chi connectivity index (χ1) is 9.53. The Morgan fingerprint density at radius 1 is 1.15 bits per heavy atom. The highest BCUT2D eigenvalue weighted by Gasteiger charge is 2.51. The molecule has 4 fully saturated rings. The molecule has 4 bridgehead atoms. The van der Waals surface area contributed by atoms with Crippen molar-refractivity contribution in [2.45, 2.75) is 57.9 Å². The molecule has 2 nitrogen and oxygen atoms in total. The molecular formula is C17H23NOS. The number of thiophene rings is 1. The van der Waals surface area contributed by atoms with E-state index in [1.807, 2.05) is 0 Å². The van der Waals surface area contributed by atoms with Gasteiger partial charge in [0.15, 0.2) is 0 Å². The molecule has 4 aliphatic rings. The van der Waals surface area contributed by atoms with E-state index in [2.05, 4.69) is 25.2 Å². The van der Waals surface area contributed by atoms with Crippen LogP contribution >= 0.6 is 11.3 Å². The second kappa shape index (κ2) is 4.33. The Labute approximate surface area is 125 Å². The maximum absolute atomic E-state index is 12.6. The van der Waals surface area contributed by atoms with Crippen LogP contribution < -0.4 is 5.32 Å². The van der Waals surface area contributed by atoms with Crippen LogP contribution in [-0.2, 0) is 0 Å². The van der Waals surface area contributed by atoms with Gasteiger partial charge in [0, 0.05) is 10.4 Å². The summed E-state index contributed by atoms with van der Waals surface area (Å²) in [6, 6.07) is 2.05. The van der Waals surface area contributed by atoms with Crippen LogP contribution in [0.5, 0.6) is 0 Å². The molecule has 1 amide bonds. The molecule has 1 N–H and O–H groups in total. The van der Waals surface area contributed by atoms with Gasteiger partial charge in [0.05, 0.1) is 4.88 Å². The monoisotopic (exact) mass is 289 g/mol. The van der Waals surface area contributed by atoms with Crippen LogP contribution in [0.3, 0.4) is 0 Å². The van der Waals surface area contributed by atoms with E-state index in [-0.39, 0.29) is 11.4 Å². The lowest BCUT2D eigenvalue weighted by atomic mass is 9.53. The highest BCUT2D eigenvalue weighted by Crippen LogP contribution is 2.55. The maximum Gasteiger partial charge on any atom is 0.261 e. The van der Waals surface area contributed by atoms with Crippen molar-refractivity contribution in [1.29, 1.82) is 0 Å². The number of hydrogen-bond acceptors (Lipinski definition) is 2. The Balaban J connectivity index is 1.55. The zero-order valence-corrected chi connectivity index (χ0v) is 13.2. The summed E-state index contributed by atoms with van der Waals surface area (Å²) >= 11 is 1.64. The van der Waals surface area contributed by atoms with Gasteiger partial charge in [0.25, 0.3) is 5.91 Å². The van der Waals surface area contributed by atoms with Crippen LogP contribution in [-0.4, -0.2) is 11.4 Å². The summed E-state index contributed by atoms with van der Waals surface area (Å²) in [6.07, 6.45) is 7.96. The molecule has 5 rings (SSSR count). The van der Waals surface area contributed by atoms with Gasteiger partial charge in [-0.1, -0.05) is 0 Å². The highest BCUT2D eigenvalue weighted by atomic mass is 32.1. The lowest BCUT2D eigenvalue weighted by molar-refractivity contribution is -0.0166. The Morgan fingerprint density at radius 2 is 1.70 bits per heavy atom. The standard InChI is InChI=1S/C17H23NOS/c1-10-3-15(20-11(10)2)16(19)18-17-7-12-4-13(8-17)6-14(5-12)9-17/h3,12-14H,4-9H2,1-2H3,(H,18,19). The zero-order valence-electron chi connectivity index (χ0n) is 12.4. The minimum absolute atomic E-state index is 0.137. The van der Waals surface area contributed by atoms with E-state index in [9.17, 15) is 4.79 Å². The third-order valence-corrected chi connectivity index (χ3v) is 6.96. The fraction of sp³-hybridized carbons (Fsp3) is 0.706. The van der Waals surface area contributed by atoms with Crippen molar-refractivity contribution in [2.24, 2.45) is 17.8 Å². The molecule has 20 heavy (non-hydrogen) atoms. The molecule has 0 aromatic carbocycles. The zero-order chi connectivity index (χ0) is 13.9. The van der Waals surface area contributed by atoms with Gasteiger partial charge in [-0.2, -0.15) is 0 Å². The maximum atomic E-state index is 12.6. The van der Waals surface area contributed by atoms with Crippen molar-refractivity contribution >= 4 is 17.2 Å². The fourth-order valence-electron chi connectivity index (χ4n) is 5.25. The molecule has 108 valence electrons. The molecule has 1 aromatic rings. The van der Waals surface area contributed by atoms with Crippen molar-refractivity contribution in [2.75, 3.05) is 0 Å². The predicted molar refractivity (Wildman–Crippen MR) is 82.2 cm³/mol. The molecular weight excluding hydrogens is 266 g/mol. The number of carbonyl (C=O) groups is 1. The van der Waals surface area contributed by atoms with Crippen molar-refractivity contribution < 1.29 is 4.79 Å². The first-order valence-corrected chi connectivity index (χ1v) is 8.74. The Bertz CT molecular complexity index is 505. The smallest absolute Gasteiger partial charge is 0.261 e. The number of rotatable bonds is 2. The molecule has 0 radical (unpaired) electrons. The minimum Gasteiger partial charge on any atom is -0.346 e. The van der Waals surface area contributed by atoms with E-state index < -0.39 is 0 Å². The number of carbonyl (C=O) groups excluding carboxylic acids is 1. The van der Waals surface area contributed by atoms with E-state index in [1.165, 1.54) is 49.0 Å². The minimum atomic E-state index is 0.137. The van der Waals surface area contributed by atoms with Gasteiger partial charge >= 0.3 is 0 Å². The lowest BCUT2D eigenvalue weighted by Gasteiger charge is -2.56. The highest BCUT2D eigenvalue weighted by molar-refractivity contribution is 7.14. The van der Waals surface area contributed by atoms with Gasteiger partial charge in [-0.15, -0.1) is 11.3 Å². The van der Waals surface area contributed by atoms with Crippen LogP contribution in [0.15, 0.2) is 6.07 Å². The quantitative estimate of drug-likeness (QED) is 0.874.